The van der Waals surface area contributed by atoms with Crippen molar-refractivity contribution < 1.29 is 14.7 Å². The second-order valence-electron chi connectivity index (χ2n) is 4.11. The van der Waals surface area contributed by atoms with Crippen LogP contribution in [0.2, 0.25) is 0 Å². The number of aromatic carboxylic acids is 1. The molecule has 7 nitrogen and oxygen atoms in total. The van der Waals surface area contributed by atoms with Gasteiger partial charge in [0.05, 0.1) is 6.54 Å². The molecule has 0 aliphatic heterocycles. The molecular weight excluding hydrogens is 280 g/mol. The number of likely N-dealkylation sites (N-methyl/N-ethyl adjacent to an activating group) is 2. The first-order valence-electron chi connectivity index (χ1n) is 6.29. The van der Waals surface area contributed by atoms with Gasteiger partial charge < -0.3 is 15.3 Å². The van der Waals surface area contributed by atoms with Crippen LogP contribution in [0.1, 0.15) is 24.3 Å². The SMILES string of the molecule is CCNC(=O)CN(CC)c1nc2sccn2c1C(=O)O. The number of imidazole rings is 1. The van der Waals surface area contributed by atoms with Gasteiger partial charge in [0.25, 0.3) is 0 Å². The molecule has 2 rings (SSSR count). The molecule has 2 aromatic heterocycles. The third-order valence-electron chi connectivity index (χ3n) is 2.84. The molecular formula is C12H16N4O3S. The van der Waals surface area contributed by atoms with E-state index in [1.165, 1.54) is 15.7 Å². The summed E-state index contributed by atoms with van der Waals surface area (Å²) in [7, 11) is 0. The first-order valence-corrected chi connectivity index (χ1v) is 7.16. The van der Waals surface area contributed by atoms with E-state index in [9.17, 15) is 14.7 Å². The zero-order valence-electron chi connectivity index (χ0n) is 11.3. The Balaban J connectivity index is 2.38. The van der Waals surface area contributed by atoms with E-state index in [0.29, 0.717) is 23.9 Å². The average Bonchev–Trinajstić information content (AvgIpc) is 2.95. The van der Waals surface area contributed by atoms with Crippen molar-refractivity contribution in [3.8, 4) is 0 Å². The zero-order chi connectivity index (χ0) is 14.7. The van der Waals surface area contributed by atoms with Crippen molar-refractivity contribution in [1.29, 1.82) is 0 Å². The van der Waals surface area contributed by atoms with Crippen LogP contribution in [0.25, 0.3) is 4.96 Å². The van der Waals surface area contributed by atoms with Crippen LogP contribution in [0.4, 0.5) is 5.82 Å². The van der Waals surface area contributed by atoms with E-state index in [0.717, 1.165) is 0 Å². The van der Waals surface area contributed by atoms with Crippen molar-refractivity contribution in [2.24, 2.45) is 0 Å². The highest BCUT2D eigenvalue weighted by molar-refractivity contribution is 7.15. The number of carboxylic acids is 1. The Morgan fingerprint density at radius 2 is 2.25 bits per heavy atom. The number of carboxylic acid groups (broad SMARTS) is 1. The van der Waals surface area contributed by atoms with Gasteiger partial charge in [0.15, 0.2) is 16.5 Å². The van der Waals surface area contributed by atoms with E-state index >= 15 is 0 Å². The summed E-state index contributed by atoms with van der Waals surface area (Å²) in [5.41, 5.74) is 0.0902. The molecule has 108 valence electrons. The molecule has 0 saturated heterocycles. The predicted molar refractivity (Wildman–Crippen MR) is 76.6 cm³/mol. The fraction of sp³-hybridized carbons (Fsp3) is 0.417. The van der Waals surface area contributed by atoms with Crippen LogP contribution in [0.15, 0.2) is 11.6 Å². The molecule has 0 saturated carbocycles. The molecule has 0 atom stereocenters. The highest BCUT2D eigenvalue weighted by Crippen LogP contribution is 2.24. The van der Waals surface area contributed by atoms with Gasteiger partial charge >= 0.3 is 5.97 Å². The summed E-state index contributed by atoms with van der Waals surface area (Å²) < 4.78 is 1.53. The van der Waals surface area contributed by atoms with Crippen LogP contribution >= 0.6 is 11.3 Å². The van der Waals surface area contributed by atoms with E-state index < -0.39 is 5.97 Å². The molecule has 0 unspecified atom stereocenters. The molecule has 0 radical (unpaired) electrons. The number of anilines is 1. The second kappa shape index (κ2) is 5.91. The molecule has 0 aliphatic rings. The van der Waals surface area contributed by atoms with Gasteiger partial charge in [-0.1, -0.05) is 0 Å². The quantitative estimate of drug-likeness (QED) is 0.832. The summed E-state index contributed by atoms with van der Waals surface area (Å²) in [6, 6.07) is 0. The molecule has 0 bridgehead atoms. The van der Waals surface area contributed by atoms with Crippen LogP contribution in [0, 0.1) is 0 Å². The van der Waals surface area contributed by atoms with Gasteiger partial charge in [-0.3, -0.25) is 9.20 Å². The third-order valence-corrected chi connectivity index (χ3v) is 3.59. The average molecular weight is 296 g/mol. The number of carbonyl (C=O) groups excluding carboxylic acids is 1. The summed E-state index contributed by atoms with van der Waals surface area (Å²) in [6.07, 6.45) is 1.67. The lowest BCUT2D eigenvalue weighted by Crippen LogP contribution is -2.38. The van der Waals surface area contributed by atoms with E-state index in [1.807, 2.05) is 13.8 Å². The van der Waals surface area contributed by atoms with E-state index in [-0.39, 0.29) is 18.1 Å². The third kappa shape index (κ3) is 2.60. The first kappa shape index (κ1) is 14.3. The number of hydrogen-bond acceptors (Lipinski definition) is 5. The van der Waals surface area contributed by atoms with Crippen molar-refractivity contribution in [2.45, 2.75) is 13.8 Å². The number of nitrogens with one attached hydrogen (secondary N) is 1. The molecule has 0 aromatic carbocycles. The molecule has 8 heteroatoms. The van der Waals surface area contributed by atoms with Crippen molar-refractivity contribution in [2.75, 3.05) is 24.5 Å². The Bertz CT molecular complexity index is 634. The number of fused-ring (bicyclic) bond motifs is 1. The van der Waals surface area contributed by atoms with E-state index in [2.05, 4.69) is 10.3 Å². The first-order chi connectivity index (χ1) is 9.58. The molecule has 0 spiro atoms. The van der Waals surface area contributed by atoms with Gasteiger partial charge in [0.2, 0.25) is 5.91 Å². The van der Waals surface area contributed by atoms with Crippen LogP contribution < -0.4 is 10.2 Å². The Morgan fingerprint density at radius 3 is 2.85 bits per heavy atom. The van der Waals surface area contributed by atoms with Crippen molar-refractivity contribution in [3.63, 3.8) is 0 Å². The number of nitrogens with zero attached hydrogens (tertiary/aromatic N) is 3. The minimum Gasteiger partial charge on any atom is -0.476 e. The molecule has 2 heterocycles. The summed E-state index contributed by atoms with van der Waals surface area (Å²) in [5.74, 6) is -0.875. The predicted octanol–water partition coefficient (Wildman–Crippen LogP) is 1.06. The Hall–Kier alpha value is -2.09. The maximum absolute atomic E-state index is 11.7. The van der Waals surface area contributed by atoms with Gasteiger partial charge in [-0.25, -0.2) is 9.78 Å². The van der Waals surface area contributed by atoms with Crippen LogP contribution in [-0.2, 0) is 4.79 Å². The molecule has 0 aliphatic carbocycles. The maximum atomic E-state index is 11.7. The molecule has 2 N–H and O–H groups in total. The van der Waals surface area contributed by atoms with Crippen LogP contribution in [0.3, 0.4) is 0 Å². The van der Waals surface area contributed by atoms with Crippen molar-refractivity contribution >= 4 is 34.0 Å². The monoisotopic (exact) mass is 296 g/mol. The number of thiazole rings is 1. The van der Waals surface area contributed by atoms with Gasteiger partial charge in [-0.05, 0) is 13.8 Å². The fourth-order valence-corrected chi connectivity index (χ4v) is 2.67. The topological polar surface area (TPSA) is 86.9 Å². The summed E-state index contributed by atoms with van der Waals surface area (Å²) in [4.78, 5) is 29.7. The lowest BCUT2D eigenvalue weighted by atomic mass is 10.3. The fourth-order valence-electron chi connectivity index (χ4n) is 1.96. The summed E-state index contributed by atoms with van der Waals surface area (Å²) in [6.45, 7) is 4.83. The van der Waals surface area contributed by atoms with Crippen molar-refractivity contribution in [1.82, 2.24) is 14.7 Å². The van der Waals surface area contributed by atoms with Gasteiger partial charge in [-0.15, -0.1) is 11.3 Å². The minimum absolute atomic E-state index is 0.0902. The summed E-state index contributed by atoms with van der Waals surface area (Å²) in [5, 5.41) is 13.8. The molecule has 1 amide bonds. The lowest BCUT2D eigenvalue weighted by molar-refractivity contribution is -0.119. The molecule has 2 aromatic rings. The largest absolute Gasteiger partial charge is 0.476 e. The van der Waals surface area contributed by atoms with Crippen molar-refractivity contribution in [3.05, 3.63) is 17.3 Å². The Morgan fingerprint density at radius 1 is 1.50 bits per heavy atom. The molecule has 0 fully saturated rings. The standard InChI is InChI=1S/C12H16N4O3S/c1-3-13-8(17)7-15(4-2)10-9(11(18)19)16-5-6-20-12(16)14-10/h5-6H,3-4,7H2,1-2H3,(H,13,17)(H,18,19). The minimum atomic E-state index is -1.06. The van der Waals surface area contributed by atoms with E-state index in [4.69, 9.17) is 0 Å². The second-order valence-corrected chi connectivity index (χ2v) is 4.99. The Kier molecular flexibility index (Phi) is 4.23. The Labute approximate surface area is 119 Å². The lowest BCUT2D eigenvalue weighted by Gasteiger charge is -2.20. The van der Waals surface area contributed by atoms with Gasteiger partial charge in [0.1, 0.15) is 0 Å². The summed E-state index contributed by atoms with van der Waals surface area (Å²) >= 11 is 1.36. The normalized spacial score (nSPS) is 10.7. The maximum Gasteiger partial charge on any atom is 0.356 e. The number of aromatic nitrogens is 2. The van der Waals surface area contributed by atoms with Gasteiger partial charge in [0, 0.05) is 24.7 Å². The van der Waals surface area contributed by atoms with Crippen LogP contribution in [-0.4, -0.2) is 46.0 Å². The number of carbonyl (C=O) groups is 2. The van der Waals surface area contributed by atoms with Gasteiger partial charge in [-0.2, -0.15) is 0 Å². The number of hydrogen-bond donors (Lipinski definition) is 2. The number of rotatable bonds is 6. The van der Waals surface area contributed by atoms with E-state index in [1.54, 1.807) is 16.5 Å². The molecule has 20 heavy (non-hydrogen) atoms. The highest BCUT2D eigenvalue weighted by Gasteiger charge is 2.24. The van der Waals surface area contributed by atoms with Crippen LogP contribution in [0.5, 0.6) is 0 Å². The highest BCUT2D eigenvalue weighted by atomic mass is 32.1. The number of amides is 1. The smallest absolute Gasteiger partial charge is 0.356 e. The zero-order valence-corrected chi connectivity index (χ0v) is 12.1.